The Morgan fingerprint density at radius 1 is 1.31 bits per heavy atom. The van der Waals surface area contributed by atoms with Crippen molar-refractivity contribution in [3.05, 3.63) is 58.1 Å². The van der Waals surface area contributed by atoms with Crippen LogP contribution < -0.4 is 0 Å². The van der Waals surface area contributed by atoms with Crippen LogP contribution in [0.3, 0.4) is 0 Å². The van der Waals surface area contributed by atoms with Gasteiger partial charge in [0.2, 0.25) is 5.78 Å². The normalized spacial score (nSPS) is 10.1. The summed E-state index contributed by atoms with van der Waals surface area (Å²) in [6.07, 6.45) is 4.84. The number of carbonyl (C=O) groups is 1. The molecule has 0 atom stereocenters. The van der Waals surface area contributed by atoms with Crippen molar-refractivity contribution in [2.24, 2.45) is 0 Å². The monoisotopic (exact) mass is 276 g/mol. The molecule has 2 heterocycles. The fraction of sp³-hybridized carbons (Fsp3) is 0.0833. The summed E-state index contributed by atoms with van der Waals surface area (Å²) in [4.78, 5) is 20.2. The van der Waals surface area contributed by atoms with Gasteiger partial charge in [0.15, 0.2) is 0 Å². The first-order valence-electron chi connectivity index (χ1n) is 4.76. The summed E-state index contributed by atoms with van der Waals surface area (Å²) in [6, 6.07) is 5.38. The van der Waals surface area contributed by atoms with Crippen molar-refractivity contribution in [2.45, 2.75) is 6.92 Å². The number of carbonyl (C=O) groups excluding carboxylic acids is 1. The lowest BCUT2D eigenvalue weighted by atomic mass is 10.1. The van der Waals surface area contributed by atoms with Gasteiger partial charge in [0.05, 0.1) is 0 Å². The minimum Gasteiger partial charge on any atom is -0.287 e. The number of pyridine rings is 2. The third-order valence-corrected chi connectivity index (χ3v) is 2.90. The molecule has 0 saturated carbocycles. The Balaban J connectivity index is 2.48. The number of aromatic nitrogens is 2. The molecule has 16 heavy (non-hydrogen) atoms. The molecule has 0 bridgehead atoms. The molecule has 0 saturated heterocycles. The number of rotatable bonds is 2. The molecule has 0 radical (unpaired) electrons. The van der Waals surface area contributed by atoms with Gasteiger partial charge in [-0.05, 0) is 46.6 Å². The van der Waals surface area contributed by atoms with Crippen LogP contribution in [0.2, 0.25) is 0 Å². The molecule has 2 aromatic rings. The quantitative estimate of drug-likeness (QED) is 0.793. The third-order valence-electron chi connectivity index (χ3n) is 2.26. The van der Waals surface area contributed by atoms with E-state index in [0.29, 0.717) is 15.7 Å². The van der Waals surface area contributed by atoms with Crippen LogP contribution in [0.5, 0.6) is 0 Å². The van der Waals surface area contributed by atoms with E-state index in [0.717, 1.165) is 5.56 Å². The van der Waals surface area contributed by atoms with Crippen molar-refractivity contribution in [2.75, 3.05) is 0 Å². The molecule has 0 fully saturated rings. The van der Waals surface area contributed by atoms with Crippen molar-refractivity contribution in [3.8, 4) is 0 Å². The second-order valence-electron chi connectivity index (χ2n) is 3.35. The molecule has 2 aromatic heterocycles. The summed E-state index contributed by atoms with van der Waals surface area (Å²) in [7, 11) is 0. The Kier molecular flexibility index (Phi) is 3.10. The molecule has 80 valence electrons. The van der Waals surface area contributed by atoms with E-state index in [2.05, 4.69) is 25.9 Å². The summed E-state index contributed by atoms with van der Waals surface area (Å²) in [6.45, 7) is 1.88. The Labute approximate surface area is 102 Å². The molecule has 0 unspecified atom stereocenters. The molecule has 0 aliphatic carbocycles. The number of aryl methyl sites for hydroxylation is 1. The standard InChI is InChI=1S/C12H9BrN2O/c1-8-4-6-14-7-9(8)12(16)11-10(13)3-2-5-15-11/h2-7H,1H3. The molecule has 0 aliphatic heterocycles. The highest BCUT2D eigenvalue weighted by Crippen LogP contribution is 2.18. The number of hydrogen-bond donors (Lipinski definition) is 0. The number of halogens is 1. The van der Waals surface area contributed by atoms with Gasteiger partial charge in [0.25, 0.3) is 0 Å². The van der Waals surface area contributed by atoms with Crippen LogP contribution in [0, 0.1) is 6.92 Å². The van der Waals surface area contributed by atoms with Crippen molar-refractivity contribution in [1.29, 1.82) is 0 Å². The number of nitrogens with zero attached hydrogens (tertiary/aromatic N) is 2. The molecule has 0 aliphatic rings. The van der Waals surface area contributed by atoms with E-state index in [9.17, 15) is 4.79 Å². The predicted molar refractivity (Wildman–Crippen MR) is 64.3 cm³/mol. The summed E-state index contributed by atoms with van der Waals surface area (Å²) in [5.74, 6) is -0.113. The lowest BCUT2D eigenvalue weighted by Crippen LogP contribution is -2.07. The molecule has 2 rings (SSSR count). The lowest BCUT2D eigenvalue weighted by Gasteiger charge is -2.04. The first-order valence-corrected chi connectivity index (χ1v) is 5.55. The van der Waals surface area contributed by atoms with Crippen LogP contribution in [-0.4, -0.2) is 15.8 Å². The molecular formula is C12H9BrN2O. The molecule has 3 nitrogen and oxygen atoms in total. The Morgan fingerprint density at radius 2 is 2.12 bits per heavy atom. The topological polar surface area (TPSA) is 42.9 Å². The largest absolute Gasteiger partial charge is 0.287 e. The zero-order valence-corrected chi connectivity index (χ0v) is 10.2. The van der Waals surface area contributed by atoms with Gasteiger partial charge in [-0.25, -0.2) is 0 Å². The van der Waals surface area contributed by atoms with Crippen molar-refractivity contribution >= 4 is 21.7 Å². The van der Waals surface area contributed by atoms with E-state index >= 15 is 0 Å². The molecule has 4 heteroatoms. The van der Waals surface area contributed by atoms with Crippen molar-refractivity contribution < 1.29 is 4.79 Å². The minimum atomic E-state index is -0.113. The first kappa shape index (κ1) is 11.0. The van der Waals surface area contributed by atoms with Crippen LogP contribution in [0.4, 0.5) is 0 Å². The molecule has 0 spiro atoms. The highest BCUT2D eigenvalue weighted by atomic mass is 79.9. The maximum Gasteiger partial charge on any atom is 0.214 e. The second kappa shape index (κ2) is 4.53. The predicted octanol–water partition coefficient (Wildman–Crippen LogP) is 2.78. The van der Waals surface area contributed by atoms with Crippen LogP contribution in [-0.2, 0) is 0 Å². The fourth-order valence-corrected chi connectivity index (χ4v) is 1.82. The fourth-order valence-electron chi connectivity index (χ4n) is 1.38. The van der Waals surface area contributed by atoms with Gasteiger partial charge < -0.3 is 0 Å². The average molecular weight is 277 g/mol. The SMILES string of the molecule is Cc1ccncc1C(=O)c1ncccc1Br. The highest BCUT2D eigenvalue weighted by Gasteiger charge is 2.15. The summed E-state index contributed by atoms with van der Waals surface area (Å²) in [5.41, 5.74) is 1.90. The van der Waals surface area contributed by atoms with E-state index in [-0.39, 0.29) is 5.78 Å². The maximum absolute atomic E-state index is 12.2. The van der Waals surface area contributed by atoms with E-state index in [1.165, 1.54) is 0 Å². The summed E-state index contributed by atoms with van der Waals surface area (Å²) < 4.78 is 0.697. The molecular weight excluding hydrogens is 268 g/mol. The number of ketones is 1. The van der Waals surface area contributed by atoms with Crippen molar-refractivity contribution in [3.63, 3.8) is 0 Å². The Bertz CT molecular complexity index is 493. The van der Waals surface area contributed by atoms with E-state index in [4.69, 9.17) is 0 Å². The average Bonchev–Trinajstić information content (AvgIpc) is 2.29. The second-order valence-corrected chi connectivity index (χ2v) is 4.21. The van der Waals surface area contributed by atoms with Crippen molar-refractivity contribution in [1.82, 2.24) is 9.97 Å². The van der Waals surface area contributed by atoms with Gasteiger partial charge in [0.1, 0.15) is 5.69 Å². The van der Waals surface area contributed by atoms with Gasteiger partial charge in [-0.1, -0.05) is 0 Å². The van der Waals surface area contributed by atoms with E-state index in [1.807, 2.05) is 13.0 Å². The van der Waals surface area contributed by atoms with E-state index < -0.39 is 0 Å². The zero-order chi connectivity index (χ0) is 11.5. The van der Waals surface area contributed by atoms with Crippen LogP contribution in [0.1, 0.15) is 21.6 Å². The van der Waals surface area contributed by atoms with Crippen LogP contribution in [0.15, 0.2) is 41.3 Å². The Morgan fingerprint density at radius 3 is 2.81 bits per heavy atom. The Hall–Kier alpha value is -1.55. The van der Waals surface area contributed by atoms with Gasteiger partial charge in [-0.2, -0.15) is 0 Å². The van der Waals surface area contributed by atoms with Gasteiger partial charge in [-0.15, -0.1) is 0 Å². The maximum atomic E-state index is 12.2. The van der Waals surface area contributed by atoms with Gasteiger partial charge in [-0.3, -0.25) is 14.8 Å². The number of hydrogen-bond acceptors (Lipinski definition) is 3. The van der Waals surface area contributed by atoms with Crippen LogP contribution >= 0.6 is 15.9 Å². The van der Waals surface area contributed by atoms with Crippen LogP contribution in [0.25, 0.3) is 0 Å². The molecule has 0 amide bonds. The molecule has 0 N–H and O–H groups in total. The highest BCUT2D eigenvalue weighted by molar-refractivity contribution is 9.10. The smallest absolute Gasteiger partial charge is 0.214 e. The lowest BCUT2D eigenvalue weighted by molar-refractivity contribution is 0.103. The third kappa shape index (κ3) is 2.02. The summed E-state index contributed by atoms with van der Waals surface area (Å²) in [5, 5.41) is 0. The zero-order valence-electron chi connectivity index (χ0n) is 8.64. The minimum absolute atomic E-state index is 0.113. The summed E-state index contributed by atoms with van der Waals surface area (Å²) >= 11 is 3.31. The van der Waals surface area contributed by atoms with E-state index in [1.54, 1.807) is 30.7 Å². The first-order chi connectivity index (χ1) is 7.70. The van der Waals surface area contributed by atoms with Gasteiger partial charge >= 0.3 is 0 Å². The van der Waals surface area contributed by atoms with Gasteiger partial charge in [0, 0.05) is 28.6 Å². The molecule has 0 aromatic carbocycles.